The molecule has 2 aromatic rings. The molecule has 3 rings (SSSR count). The number of nitrogens with zero attached hydrogens (tertiary/aromatic N) is 2. The molecule has 0 bridgehead atoms. The molecule has 1 fully saturated rings. The van der Waals surface area contributed by atoms with Crippen LogP contribution in [0.25, 0.3) is 0 Å². The van der Waals surface area contributed by atoms with Crippen molar-refractivity contribution in [2.75, 3.05) is 13.2 Å². The second kappa shape index (κ2) is 12.1. The van der Waals surface area contributed by atoms with Gasteiger partial charge in [0.15, 0.2) is 0 Å². The number of aromatic amines is 1. The summed E-state index contributed by atoms with van der Waals surface area (Å²) in [4.78, 5) is 58.6. The quantitative estimate of drug-likeness (QED) is 0.186. The first-order valence-electron chi connectivity index (χ1n) is 11.4. The van der Waals surface area contributed by atoms with Gasteiger partial charge in [0.2, 0.25) is 17.7 Å². The van der Waals surface area contributed by atoms with Gasteiger partial charge >= 0.3 is 5.97 Å². The molecule has 13 heteroatoms. The number of carboxylic acid groups (broad SMARTS) is 1. The highest BCUT2D eigenvalue weighted by Crippen LogP contribution is 2.19. The summed E-state index contributed by atoms with van der Waals surface area (Å²) in [5, 5.41) is 33.4. The molecule has 0 aliphatic carbocycles. The molecule has 0 spiro atoms. The Hall–Kier alpha value is -3.97. The van der Waals surface area contributed by atoms with Crippen molar-refractivity contribution in [3.63, 3.8) is 0 Å². The molecular weight excluding hydrogens is 472 g/mol. The number of phenols is 1. The maximum Gasteiger partial charge on any atom is 0.326 e. The summed E-state index contributed by atoms with van der Waals surface area (Å²) in [5.41, 5.74) is 6.74. The number of imidazole rings is 1. The lowest BCUT2D eigenvalue weighted by Crippen LogP contribution is -2.57. The second-order valence-electron chi connectivity index (χ2n) is 8.59. The highest BCUT2D eigenvalue weighted by atomic mass is 16.4. The van der Waals surface area contributed by atoms with E-state index in [1.165, 1.54) is 29.6 Å². The van der Waals surface area contributed by atoms with Crippen molar-refractivity contribution in [3.8, 4) is 5.75 Å². The topological polar surface area (TPSA) is 211 Å². The number of amides is 3. The molecule has 2 heterocycles. The number of aliphatic hydroxyl groups is 1. The molecule has 4 atom stereocenters. The summed E-state index contributed by atoms with van der Waals surface area (Å²) < 4.78 is 0. The fourth-order valence-corrected chi connectivity index (χ4v) is 4.03. The van der Waals surface area contributed by atoms with Crippen LogP contribution in [0.4, 0.5) is 0 Å². The molecule has 8 N–H and O–H groups in total. The van der Waals surface area contributed by atoms with E-state index in [2.05, 4.69) is 20.6 Å². The van der Waals surface area contributed by atoms with Gasteiger partial charge in [-0.1, -0.05) is 12.1 Å². The zero-order valence-corrected chi connectivity index (χ0v) is 19.5. The molecule has 1 aliphatic heterocycles. The zero-order chi connectivity index (χ0) is 26.2. The van der Waals surface area contributed by atoms with E-state index in [1.54, 1.807) is 12.1 Å². The summed E-state index contributed by atoms with van der Waals surface area (Å²) in [6.07, 6.45) is 3.74. The fourth-order valence-electron chi connectivity index (χ4n) is 4.03. The van der Waals surface area contributed by atoms with Crippen LogP contribution in [0.1, 0.15) is 24.1 Å². The summed E-state index contributed by atoms with van der Waals surface area (Å²) in [5.74, 6) is -3.13. The van der Waals surface area contributed by atoms with Crippen LogP contribution in [-0.2, 0) is 32.0 Å². The third-order valence-corrected chi connectivity index (χ3v) is 5.96. The van der Waals surface area contributed by atoms with Gasteiger partial charge in [-0.15, -0.1) is 0 Å². The van der Waals surface area contributed by atoms with Gasteiger partial charge in [0.05, 0.1) is 12.9 Å². The normalized spacial score (nSPS) is 17.7. The largest absolute Gasteiger partial charge is 0.508 e. The van der Waals surface area contributed by atoms with E-state index in [-0.39, 0.29) is 25.1 Å². The minimum atomic E-state index is -1.30. The van der Waals surface area contributed by atoms with Crippen LogP contribution >= 0.6 is 0 Å². The van der Waals surface area contributed by atoms with E-state index in [0.717, 1.165) is 0 Å². The number of aliphatic carboxylic acids is 1. The number of carboxylic acids is 1. The molecule has 0 radical (unpaired) electrons. The highest BCUT2D eigenvalue weighted by Gasteiger charge is 2.38. The zero-order valence-electron chi connectivity index (χ0n) is 19.5. The summed E-state index contributed by atoms with van der Waals surface area (Å²) in [6.45, 7) is -0.276. The van der Waals surface area contributed by atoms with Crippen LogP contribution in [0, 0.1) is 0 Å². The van der Waals surface area contributed by atoms with Crippen molar-refractivity contribution >= 4 is 23.7 Å². The first-order chi connectivity index (χ1) is 17.2. The lowest BCUT2D eigenvalue weighted by Gasteiger charge is -2.28. The number of benzene rings is 1. The van der Waals surface area contributed by atoms with E-state index in [9.17, 15) is 34.5 Å². The van der Waals surface area contributed by atoms with Crippen molar-refractivity contribution in [2.24, 2.45) is 5.73 Å². The number of nitrogens with one attached hydrogen (secondary N) is 3. The predicted molar refractivity (Wildman–Crippen MR) is 125 cm³/mol. The van der Waals surface area contributed by atoms with Gasteiger partial charge in [0.1, 0.15) is 29.9 Å². The summed E-state index contributed by atoms with van der Waals surface area (Å²) in [7, 11) is 0. The Kier molecular flexibility index (Phi) is 8.97. The number of phenolic OH excluding ortho intramolecular Hbond substituents is 1. The number of aromatic nitrogens is 2. The van der Waals surface area contributed by atoms with Gasteiger partial charge in [-0.05, 0) is 30.5 Å². The first kappa shape index (κ1) is 26.6. The molecule has 1 aliphatic rings. The Morgan fingerprint density at radius 1 is 1.14 bits per heavy atom. The number of likely N-dealkylation sites (tertiary alicyclic amines) is 1. The van der Waals surface area contributed by atoms with Crippen molar-refractivity contribution in [2.45, 2.75) is 49.9 Å². The van der Waals surface area contributed by atoms with Crippen molar-refractivity contribution in [3.05, 3.63) is 48.0 Å². The number of rotatable bonds is 11. The average molecular weight is 503 g/mol. The number of carbonyl (C=O) groups excluding carboxylic acids is 3. The SMILES string of the molecule is NC(CO)C(=O)N1CCCC1C(=O)NC(Cc1cnc[nH]1)C(=O)NC(Cc1ccc(O)cc1)C(=O)O. The Labute approximate surface area is 206 Å². The fraction of sp³-hybridized carbons (Fsp3) is 0.435. The van der Waals surface area contributed by atoms with Gasteiger partial charge < -0.3 is 41.6 Å². The van der Waals surface area contributed by atoms with Crippen LogP contribution in [0.5, 0.6) is 5.75 Å². The van der Waals surface area contributed by atoms with Crippen LogP contribution in [0.3, 0.4) is 0 Å². The molecule has 1 aromatic carbocycles. The molecular formula is C23H30N6O7. The number of hydrogen-bond acceptors (Lipinski definition) is 8. The molecule has 194 valence electrons. The Morgan fingerprint density at radius 2 is 1.86 bits per heavy atom. The smallest absolute Gasteiger partial charge is 0.326 e. The van der Waals surface area contributed by atoms with Crippen LogP contribution in [0.2, 0.25) is 0 Å². The number of aromatic hydroxyl groups is 1. The van der Waals surface area contributed by atoms with E-state index in [4.69, 9.17) is 5.73 Å². The maximum absolute atomic E-state index is 13.2. The van der Waals surface area contributed by atoms with Crippen molar-refractivity contribution in [1.29, 1.82) is 0 Å². The predicted octanol–water partition coefficient (Wildman–Crippen LogP) is -1.73. The third-order valence-electron chi connectivity index (χ3n) is 5.96. The van der Waals surface area contributed by atoms with Crippen LogP contribution in [-0.4, -0.2) is 91.2 Å². The number of nitrogens with two attached hydrogens (primary N) is 1. The average Bonchev–Trinajstić information content (AvgIpc) is 3.55. The van der Waals surface area contributed by atoms with Gasteiger partial charge in [0.25, 0.3) is 0 Å². The Morgan fingerprint density at radius 3 is 2.47 bits per heavy atom. The van der Waals surface area contributed by atoms with Gasteiger partial charge in [-0.2, -0.15) is 0 Å². The number of carbonyl (C=O) groups is 4. The van der Waals surface area contributed by atoms with E-state index in [1.807, 2.05) is 0 Å². The molecule has 1 saturated heterocycles. The second-order valence-corrected chi connectivity index (χ2v) is 8.59. The monoisotopic (exact) mass is 502 g/mol. The van der Waals surface area contributed by atoms with Gasteiger partial charge in [-0.3, -0.25) is 14.4 Å². The molecule has 1 aromatic heterocycles. The lowest BCUT2D eigenvalue weighted by atomic mass is 10.0. The van der Waals surface area contributed by atoms with Gasteiger partial charge in [0, 0.05) is 31.3 Å². The van der Waals surface area contributed by atoms with Crippen LogP contribution in [0.15, 0.2) is 36.8 Å². The van der Waals surface area contributed by atoms with Crippen molar-refractivity contribution < 1.29 is 34.5 Å². The minimum absolute atomic E-state index is 0.0000575. The van der Waals surface area contributed by atoms with E-state index in [0.29, 0.717) is 24.1 Å². The number of H-pyrrole nitrogens is 1. The van der Waals surface area contributed by atoms with Gasteiger partial charge in [-0.25, -0.2) is 9.78 Å². The molecule has 3 amide bonds. The number of hydrogen-bond donors (Lipinski definition) is 7. The maximum atomic E-state index is 13.2. The summed E-state index contributed by atoms with van der Waals surface area (Å²) in [6, 6.07) is 1.43. The van der Waals surface area contributed by atoms with Crippen LogP contribution < -0.4 is 16.4 Å². The van der Waals surface area contributed by atoms with Crippen molar-refractivity contribution in [1.82, 2.24) is 25.5 Å². The Bertz CT molecular complexity index is 1060. The van der Waals surface area contributed by atoms with E-state index >= 15 is 0 Å². The van der Waals surface area contributed by atoms with E-state index < -0.39 is 54.5 Å². The molecule has 36 heavy (non-hydrogen) atoms. The Balaban J connectivity index is 1.74. The molecule has 4 unspecified atom stereocenters. The first-order valence-corrected chi connectivity index (χ1v) is 11.4. The standard InChI is InChI=1S/C23H30N6O7/c24-16(11-30)22(34)29-7-1-2-19(29)21(33)27-17(9-14-10-25-12-26-14)20(32)28-18(23(35)36)8-13-3-5-15(31)6-4-13/h3-6,10,12,16-19,30-31H,1-2,7-9,11,24H2,(H,25,26)(H,27,33)(H,28,32)(H,35,36). The summed E-state index contributed by atoms with van der Waals surface area (Å²) >= 11 is 0. The lowest BCUT2D eigenvalue weighted by molar-refractivity contribution is -0.143. The number of aliphatic hydroxyl groups excluding tert-OH is 1. The third kappa shape index (κ3) is 6.79. The highest BCUT2D eigenvalue weighted by molar-refractivity contribution is 5.94. The molecule has 0 saturated carbocycles. The minimum Gasteiger partial charge on any atom is -0.508 e. The molecule has 13 nitrogen and oxygen atoms in total.